The molecule has 1 aromatic carbocycles. The molecule has 1 aromatic rings. The van der Waals surface area contributed by atoms with E-state index in [0.717, 1.165) is 18.0 Å². The lowest BCUT2D eigenvalue weighted by Gasteiger charge is -2.22. The molecular weight excluding hydrogens is 194 g/mol. The highest BCUT2D eigenvalue weighted by atomic mass is 35.5. The van der Waals surface area contributed by atoms with Crippen molar-refractivity contribution in [1.82, 2.24) is 5.32 Å². The van der Waals surface area contributed by atoms with Gasteiger partial charge in [0.05, 0.1) is 0 Å². The third kappa shape index (κ3) is 1.79. The van der Waals surface area contributed by atoms with E-state index in [4.69, 9.17) is 11.6 Å². The van der Waals surface area contributed by atoms with Crippen LogP contribution in [0.15, 0.2) is 18.2 Å². The Labute approximate surface area is 90.5 Å². The number of hydrogen-bond acceptors (Lipinski definition) is 1. The molecule has 0 saturated carbocycles. The summed E-state index contributed by atoms with van der Waals surface area (Å²) in [5.74, 6) is 0. The van der Waals surface area contributed by atoms with Crippen molar-refractivity contribution in [3.8, 4) is 0 Å². The van der Waals surface area contributed by atoms with Crippen LogP contribution in [0, 0.1) is 5.41 Å². The molecule has 76 valence electrons. The second-order valence-corrected chi connectivity index (χ2v) is 5.04. The molecule has 0 heterocycles. The van der Waals surface area contributed by atoms with Gasteiger partial charge in [-0.2, -0.15) is 0 Å². The smallest absolute Gasteiger partial charge is 0.0408 e. The van der Waals surface area contributed by atoms with Gasteiger partial charge in [0.1, 0.15) is 0 Å². The Balaban J connectivity index is 2.25. The molecule has 0 bridgehead atoms. The first-order chi connectivity index (χ1) is 6.63. The zero-order chi connectivity index (χ0) is 10.2. The highest BCUT2D eigenvalue weighted by Gasteiger charge is 2.31. The molecule has 1 atom stereocenters. The minimum atomic E-state index is 0.377. The lowest BCUT2D eigenvalue weighted by atomic mass is 9.87. The van der Waals surface area contributed by atoms with E-state index in [0.29, 0.717) is 5.41 Å². The Morgan fingerprint density at radius 1 is 1.36 bits per heavy atom. The molecule has 1 N–H and O–H groups in total. The second kappa shape index (κ2) is 3.56. The van der Waals surface area contributed by atoms with E-state index < -0.39 is 0 Å². The molecule has 0 radical (unpaired) electrons. The highest BCUT2D eigenvalue weighted by molar-refractivity contribution is 6.30. The van der Waals surface area contributed by atoms with E-state index in [1.54, 1.807) is 0 Å². The van der Waals surface area contributed by atoms with Crippen molar-refractivity contribution in [3.63, 3.8) is 0 Å². The van der Waals surface area contributed by atoms with Crippen LogP contribution >= 0.6 is 11.6 Å². The lowest BCUT2D eigenvalue weighted by Crippen LogP contribution is -2.30. The lowest BCUT2D eigenvalue weighted by molar-refractivity contribution is 0.334. The average molecular weight is 210 g/mol. The maximum atomic E-state index is 5.98. The molecular formula is C12H16ClN. The predicted octanol–water partition coefficient (Wildman–Crippen LogP) is 2.66. The molecule has 1 nitrogen and oxygen atoms in total. The third-order valence-electron chi connectivity index (χ3n) is 3.01. The fraction of sp³-hybridized carbons (Fsp3) is 0.500. The SMILES string of the molecule is CNCC1(C)Cc2ccc(Cl)cc2C1. The first kappa shape index (κ1) is 10.0. The van der Waals surface area contributed by atoms with Gasteiger partial charge in [-0.3, -0.25) is 0 Å². The molecule has 1 aliphatic carbocycles. The standard InChI is InChI=1S/C12H16ClN/c1-12(8-14-2)6-9-3-4-11(13)5-10(9)7-12/h3-5,14H,6-8H2,1-2H3. The fourth-order valence-electron chi connectivity index (χ4n) is 2.47. The van der Waals surface area contributed by atoms with Crippen molar-refractivity contribution in [3.05, 3.63) is 34.3 Å². The van der Waals surface area contributed by atoms with Crippen molar-refractivity contribution in [2.24, 2.45) is 5.41 Å². The zero-order valence-electron chi connectivity index (χ0n) is 8.73. The maximum absolute atomic E-state index is 5.98. The Kier molecular flexibility index (Phi) is 2.54. The number of hydrogen-bond donors (Lipinski definition) is 1. The van der Waals surface area contributed by atoms with Gasteiger partial charge in [0.25, 0.3) is 0 Å². The third-order valence-corrected chi connectivity index (χ3v) is 3.24. The molecule has 0 spiro atoms. The minimum Gasteiger partial charge on any atom is -0.319 e. The van der Waals surface area contributed by atoms with E-state index in [1.165, 1.54) is 17.5 Å². The molecule has 0 amide bonds. The molecule has 2 rings (SSSR count). The molecule has 1 unspecified atom stereocenters. The van der Waals surface area contributed by atoms with Crippen molar-refractivity contribution in [1.29, 1.82) is 0 Å². The number of rotatable bonds is 2. The molecule has 0 aliphatic heterocycles. The summed E-state index contributed by atoms with van der Waals surface area (Å²) in [6.45, 7) is 3.40. The van der Waals surface area contributed by atoms with Crippen molar-refractivity contribution >= 4 is 11.6 Å². The van der Waals surface area contributed by atoms with Gasteiger partial charge in [0.2, 0.25) is 0 Å². The van der Waals surface area contributed by atoms with E-state index in [2.05, 4.69) is 24.4 Å². The van der Waals surface area contributed by atoms with Crippen LogP contribution in [-0.2, 0) is 12.8 Å². The van der Waals surface area contributed by atoms with Crippen LogP contribution in [0.2, 0.25) is 5.02 Å². The molecule has 14 heavy (non-hydrogen) atoms. The van der Waals surface area contributed by atoms with Crippen molar-refractivity contribution < 1.29 is 0 Å². The first-order valence-corrected chi connectivity index (χ1v) is 5.43. The topological polar surface area (TPSA) is 12.0 Å². The van der Waals surface area contributed by atoms with Crippen molar-refractivity contribution in [2.45, 2.75) is 19.8 Å². The number of halogens is 1. The van der Waals surface area contributed by atoms with Crippen LogP contribution in [0.5, 0.6) is 0 Å². The van der Waals surface area contributed by atoms with Crippen molar-refractivity contribution in [2.75, 3.05) is 13.6 Å². The van der Waals surface area contributed by atoms with Crippen LogP contribution in [-0.4, -0.2) is 13.6 Å². The predicted molar refractivity (Wildman–Crippen MR) is 60.9 cm³/mol. The van der Waals surface area contributed by atoms with Gasteiger partial charge in [-0.1, -0.05) is 24.6 Å². The quantitative estimate of drug-likeness (QED) is 0.790. The van der Waals surface area contributed by atoms with Gasteiger partial charge in [0.15, 0.2) is 0 Å². The summed E-state index contributed by atoms with van der Waals surface area (Å²) >= 11 is 5.98. The van der Waals surface area contributed by atoms with E-state index >= 15 is 0 Å². The van der Waals surface area contributed by atoms with Crippen LogP contribution < -0.4 is 5.32 Å². The molecule has 2 heteroatoms. The summed E-state index contributed by atoms with van der Waals surface area (Å²) in [4.78, 5) is 0. The monoisotopic (exact) mass is 209 g/mol. The zero-order valence-corrected chi connectivity index (χ0v) is 9.49. The van der Waals surface area contributed by atoms with Gasteiger partial charge < -0.3 is 5.32 Å². The Hall–Kier alpha value is -0.530. The largest absolute Gasteiger partial charge is 0.319 e. The number of benzene rings is 1. The molecule has 1 aliphatic rings. The second-order valence-electron chi connectivity index (χ2n) is 4.61. The number of nitrogens with one attached hydrogen (secondary N) is 1. The minimum absolute atomic E-state index is 0.377. The van der Waals surface area contributed by atoms with Crippen LogP contribution in [0.1, 0.15) is 18.1 Å². The van der Waals surface area contributed by atoms with Gasteiger partial charge >= 0.3 is 0 Å². The Morgan fingerprint density at radius 3 is 2.79 bits per heavy atom. The van der Waals surface area contributed by atoms with Crippen LogP contribution in [0.4, 0.5) is 0 Å². The summed E-state index contributed by atoms with van der Waals surface area (Å²) in [6, 6.07) is 6.27. The number of fused-ring (bicyclic) bond motifs is 1. The van der Waals surface area contributed by atoms with E-state index in [1.807, 2.05) is 13.1 Å². The molecule has 0 fully saturated rings. The van der Waals surface area contributed by atoms with E-state index in [9.17, 15) is 0 Å². The Morgan fingerprint density at radius 2 is 2.07 bits per heavy atom. The normalized spacial score (nSPS) is 25.1. The average Bonchev–Trinajstić information content (AvgIpc) is 2.40. The van der Waals surface area contributed by atoms with Gasteiger partial charge in [0, 0.05) is 11.6 Å². The van der Waals surface area contributed by atoms with Crippen LogP contribution in [0.3, 0.4) is 0 Å². The fourth-order valence-corrected chi connectivity index (χ4v) is 2.66. The summed E-state index contributed by atoms with van der Waals surface area (Å²) in [6.07, 6.45) is 2.31. The van der Waals surface area contributed by atoms with E-state index in [-0.39, 0.29) is 0 Å². The Bertz CT molecular complexity index is 348. The summed E-state index contributed by atoms with van der Waals surface area (Å²) in [5, 5.41) is 4.13. The maximum Gasteiger partial charge on any atom is 0.0408 e. The summed E-state index contributed by atoms with van der Waals surface area (Å²) in [7, 11) is 2.02. The summed E-state index contributed by atoms with van der Waals surface area (Å²) < 4.78 is 0. The van der Waals surface area contributed by atoms with Gasteiger partial charge in [-0.25, -0.2) is 0 Å². The summed E-state index contributed by atoms with van der Waals surface area (Å²) in [5.41, 5.74) is 3.27. The molecule has 0 saturated heterocycles. The van der Waals surface area contributed by atoms with Gasteiger partial charge in [-0.05, 0) is 48.6 Å². The molecule has 0 aromatic heterocycles. The highest BCUT2D eigenvalue weighted by Crippen LogP contribution is 2.37. The van der Waals surface area contributed by atoms with Crippen LogP contribution in [0.25, 0.3) is 0 Å². The first-order valence-electron chi connectivity index (χ1n) is 5.05. The van der Waals surface area contributed by atoms with Gasteiger partial charge in [-0.15, -0.1) is 0 Å².